The van der Waals surface area contributed by atoms with Crippen LogP contribution in [0.15, 0.2) is 11.4 Å². The van der Waals surface area contributed by atoms with E-state index >= 15 is 0 Å². The van der Waals surface area contributed by atoms with Crippen LogP contribution in [0.4, 0.5) is 0 Å². The number of likely N-dealkylation sites (tertiary alicyclic amines) is 1. The van der Waals surface area contributed by atoms with Crippen LogP contribution in [0, 0.1) is 0 Å². The number of hydrogen-bond acceptors (Lipinski definition) is 5. The lowest BCUT2D eigenvalue weighted by molar-refractivity contribution is 0.0230. The number of rotatable bonds is 3. The molecular weight excluding hydrogens is 262 g/mol. The molecule has 0 aromatic carbocycles. The van der Waals surface area contributed by atoms with Crippen molar-refractivity contribution in [1.29, 1.82) is 0 Å². The molecule has 0 spiro atoms. The standard InChI is InChI=1S/C13H19N3O2S/c1-18-11-6-12(19-9-11)13(17)16-7-10(8-16)15-4-2-14-3-5-15/h6,9-10,14H,2-5,7-8H2,1H3. The Morgan fingerprint density at radius 1 is 1.42 bits per heavy atom. The predicted molar refractivity (Wildman–Crippen MR) is 75.0 cm³/mol. The van der Waals surface area contributed by atoms with Crippen LogP contribution in [0.5, 0.6) is 5.75 Å². The molecule has 1 N–H and O–H groups in total. The van der Waals surface area contributed by atoms with Gasteiger partial charge in [-0.05, 0) is 0 Å². The third-order valence-electron chi connectivity index (χ3n) is 3.84. The van der Waals surface area contributed by atoms with E-state index in [4.69, 9.17) is 4.74 Å². The molecule has 0 radical (unpaired) electrons. The summed E-state index contributed by atoms with van der Waals surface area (Å²) in [6.07, 6.45) is 0. The number of nitrogens with zero attached hydrogens (tertiary/aromatic N) is 2. The van der Waals surface area contributed by atoms with Gasteiger partial charge in [-0.15, -0.1) is 11.3 Å². The number of carbonyl (C=O) groups excluding carboxylic acids is 1. The zero-order valence-electron chi connectivity index (χ0n) is 11.1. The van der Waals surface area contributed by atoms with E-state index in [-0.39, 0.29) is 5.91 Å². The Bertz CT molecular complexity index is 450. The molecule has 0 saturated carbocycles. The lowest BCUT2D eigenvalue weighted by Crippen LogP contribution is -2.63. The summed E-state index contributed by atoms with van der Waals surface area (Å²) >= 11 is 1.46. The fraction of sp³-hybridized carbons (Fsp3) is 0.615. The summed E-state index contributed by atoms with van der Waals surface area (Å²) in [5.41, 5.74) is 0. The molecule has 2 saturated heterocycles. The van der Waals surface area contributed by atoms with Gasteiger partial charge < -0.3 is 15.0 Å². The Labute approximate surface area is 117 Å². The van der Waals surface area contributed by atoms with Gasteiger partial charge in [-0.25, -0.2) is 0 Å². The monoisotopic (exact) mass is 281 g/mol. The van der Waals surface area contributed by atoms with Gasteiger partial charge in [-0.3, -0.25) is 9.69 Å². The second-order valence-corrected chi connectivity index (χ2v) is 5.91. The normalized spacial score (nSPS) is 21.2. The molecule has 1 aromatic rings. The number of thiophene rings is 1. The summed E-state index contributed by atoms with van der Waals surface area (Å²) in [6.45, 7) is 6.04. The molecule has 1 aromatic heterocycles. The largest absolute Gasteiger partial charge is 0.496 e. The van der Waals surface area contributed by atoms with Crippen LogP contribution in [0.3, 0.4) is 0 Å². The SMILES string of the molecule is COc1csc(C(=O)N2CC(N3CCNCC3)C2)c1. The lowest BCUT2D eigenvalue weighted by atomic mass is 10.1. The van der Waals surface area contributed by atoms with Gasteiger partial charge in [-0.1, -0.05) is 0 Å². The van der Waals surface area contributed by atoms with Gasteiger partial charge in [0.15, 0.2) is 0 Å². The average molecular weight is 281 g/mol. The van der Waals surface area contributed by atoms with Gasteiger partial charge in [-0.2, -0.15) is 0 Å². The van der Waals surface area contributed by atoms with E-state index in [1.165, 1.54) is 11.3 Å². The molecule has 6 heteroatoms. The van der Waals surface area contributed by atoms with Crippen molar-refractivity contribution >= 4 is 17.2 Å². The van der Waals surface area contributed by atoms with E-state index in [9.17, 15) is 4.79 Å². The van der Waals surface area contributed by atoms with Gasteiger partial charge >= 0.3 is 0 Å². The smallest absolute Gasteiger partial charge is 0.264 e. The minimum Gasteiger partial charge on any atom is -0.496 e. The first kappa shape index (κ1) is 12.9. The lowest BCUT2D eigenvalue weighted by Gasteiger charge is -2.46. The Morgan fingerprint density at radius 3 is 2.79 bits per heavy atom. The number of piperazine rings is 1. The molecule has 2 aliphatic rings. The summed E-state index contributed by atoms with van der Waals surface area (Å²) in [4.78, 5) is 17.4. The van der Waals surface area contributed by atoms with Crippen LogP contribution in [0.1, 0.15) is 9.67 Å². The second kappa shape index (κ2) is 5.48. The fourth-order valence-electron chi connectivity index (χ4n) is 2.59. The molecule has 104 valence electrons. The van der Waals surface area contributed by atoms with Crippen LogP contribution in [-0.2, 0) is 0 Å². The first-order chi connectivity index (χ1) is 9.28. The summed E-state index contributed by atoms with van der Waals surface area (Å²) in [5.74, 6) is 0.909. The molecule has 0 unspecified atom stereocenters. The number of carbonyl (C=O) groups is 1. The van der Waals surface area contributed by atoms with E-state index < -0.39 is 0 Å². The van der Waals surface area contributed by atoms with Crippen molar-refractivity contribution in [3.63, 3.8) is 0 Å². The molecule has 3 rings (SSSR count). The van der Waals surface area contributed by atoms with E-state index in [1.807, 2.05) is 16.3 Å². The van der Waals surface area contributed by atoms with Crippen molar-refractivity contribution in [2.45, 2.75) is 6.04 Å². The predicted octanol–water partition coefficient (Wildman–Crippen LogP) is 0.486. The van der Waals surface area contributed by atoms with Crippen molar-refractivity contribution in [2.24, 2.45) is 0 Å². The molecule has 3 heterocycles. The van der Waals surface area contributed by atoms with Gasteiger partial charge in [0.1, 0.15) is 5.75 Å². The molecule has 19 heavy (non-hydrogen) atoms. The molecule has 1 amide bonds. The van der Waals surface area contributed by atoms with Crippen LogP contribution in [-0.4, -0.2) is 68.1 Å². The highest BCUT2D eigenvalue weighted by molar-refractivity contribution is 7.12. The maximum Gasteiger partial charge on any atom is 0.264 e. The average Bonchev–Trinajstić information content (AvgIpc) is 2.87. The minimum absolute atomic E-state index is 0.139. The quantitative estimate of drug-likeness (QED) is 0.875. The van der Waals surface area contributed by atoms with Gasteiger partial charge in [0.2, 0.25) is 0 Å². The zero-order valence-corrected chi connectivity index (χ0v) is 11.9. The highest BCUT2D eigenvalue weighted by Gasteiger charge is 2.35. The van der Waals surface area contributed by atoms with E-state index in [0.29, 0.717) is 6.04 Å². The number of ether oxygens (including phenoxy) is 1. The maximum atomic E-state index is 12.2. The minimum atomic E-state index is 0.139. The fourth-order valence-corrected chi connectivity index (χ4v) is 3.41. The first-order valence-electron chi connectivity index (χ1n) is 6.64. The Morgan fingerprint density at radius 2 is 2.16 bits per heavy atom. The van der Waals surface area contributed by atoms with E-state index in [0.717, 1.165) is 49.9 Å². The van der Waals surface area contributed by atoms with E-state index in [2.05, 4.69) is 10.2 Å². The van der Waals surface area contributed by atoms with Crippen LogP contribution < -0.4 is 10.1 Å². The van der Waals surface area contributed by atoms with E-state index in [1.54, 1.807) is 7.11 Å². The van der Waals surface area contributed by atoms with Crippen molar-refractivity contribution in [2.75, 3.05) is 46.4 Å². The molecule has 2 aliphatic heterocycles. The topological polar surface area (TPSA) is 44.8 Å². The van der Waals surface area contributed by atoms with Crippen molar-refractivity contribution < 1.29 is 9.53 Å². The van der Waals surface area contributed by atoms with Gasteiger partial charge in [0, 0.05) is 56.8 Å². The molecular formula is C13H19N3O2S. The molecule has 0 bridgehead atoms. The number of amides is 1. The van der Waals surface area contributed by atoms with Crippen molar-refractivity contribution in [1.82, 2.24) is 15.1 Å². The summed E-state index contributed by atoms with van der Waals surface area (Å²) in [6, 6.07) is 2.37. The Hall–Kier alpha value is -1.11. The molecule has 0 atom stereocenters. The third-order valence-corrected chi connectivity index (χ3v) is 4.74. The molecule has 0 aliphatic carbocycles. The maximum absolute atomic E-state index is 12.2. The summed E-state index contributed by atoms with van der Waals surface area (Å²) in [5, 5.41) is 5.23. The van der Waals surface area contributed by atoms with Crippen LogP contribution in [0.2, 0.25) is 0 Å². The first-order valence-corrected chi connectivity index (χ1v) is 7.52. The molecule has 2 fully saturated rings. The molecule has 5 nitrogen and oxygen atoms in total. The number of nitrogens with one attached hydrogen (secondary N) is 1. The zero-order chi connectivity index (χ0) is 13.2. The third kappa shape index (κ3) is 2.61. The summed E-state index contributed by atoms with van der Waals surface area (Å²) in [7, 11) is 1.63. The highest BCUT2D eigenvalue weighted by Crippen LogP contribution is 2.25. The summed E-state index contributed by atoms with van der Waals surface area (Å²) < 4.78 is 5.12. The van der Waals surface area contributed by atoms with Crippen LogP contribution >= 0.6 is 11.3 Å². The number of methoxy groups -OCH3 is 1. The number of hydrogen-bond donors (Lipinski definition) is 1. The van der Waals surface area contributed by atoms with Gasteiger partial charge in [0.05, 0.1) is 12.0 Å². The van der Waals surface area contributed by atoms with Crippen molar-refractivity contribution in [3.05, 3.63) is 16.3 Å². The second-order valence-electron chi connectivity index (χ2n) is 5.00. The Kier molecular flexibility index (Phi) is 3.72. The highest BCUT2D eigenvalue weighted by atomic mass is 32.1. The van der Waals surface area contributed by atoms with Crippen LogP contribution in [0.25, 0.3) is 0 Å². The Balaban J connectivity index is 1.53. The van der Waals surface area contributed by atoms with Gasteiger partial charge in [0.25, 0.3) is 5.91 Å². The van der Waals surface area contributed by atoms with Crippen molar-refractivity contribution in [3.8, 4) is 5.75 Å².